The number of ether oxygens (including phenoxy) is 2. The maximum Gasteiger partial charge on any atom is 0.348 e. The molecule has 0 radical (unpaired) electrons. The third kappa shape index (κ3) is 6.93. The zero-order valence-electron chi connectivity index (χ0n) is 18.6. The van der Waals surface area contributed by atoms with Crippen LogP contribution in [0, 0.1) is 11.3 Å². The van der Waals surface area contributed by atoms with Crippen LogP contribution >= 0.6 is 0 Å². The molecule has 5 heteroatoms. The second-order valence-corrected chi connectivity index (χ2v) is 7.41. The highest BCUT2D eigenvalue weighted by Crippen LogP contribution is 2.34. The molecule has 33 heavy (non-hydrogen) atoms. The topological polar surface area (TPSA) is 62.6 Å². The molecule has 3 aromatic carbocycles. The van der Waals surface area contributed by atoms with Gasteiger partial charge in [0.2, 0.25) is 0 Å². The Morgan fingerprint density at radius 3 is 1.97 bits per heavy atom. The number of nitriles is 1. The van der Waals surface area contributed by atoms with Gasteiger partial charge >= 0.3 is 5.97 Å². The van der Waals surface area contributed by atoms with Crippen LogP contribution in [0.1, 0.15) is 12.5 Å². The van der Waals surface area contributed by atoms with Crippen LogP contribution in [0.5, 0.6) is 0 Å². The van der Waals surface area contributed by atoms with Crippen LogP contribution in [0.15, 0.2) is 103 Å². The Hall–Kier alpha value is -4.14. The Bertz CT molecular complexity index is 1090. The van der Waals surface area contributed by atoms with E-state index < -0.39 is 5.97 Å². The molecule has 5 nitrogen and oxygen atoms in total. The normalized spacial score (nSPS) is 10.8. The van der Waals surface area contributed by atoms with Crippen molar-refractivity contribution in [2.24, 2.45) is 0 Å². The van der Waals surface area contributed by atoms with Gasteiger partial charge in [-0.3, -0.25) is 0 Å². The lowest BCUT2D eigenvalue weighted by molar-refractivity contribution is -0.139. The molecule has 0 saturated carbocycles. The summed E-state index contributed by atoms with van der Waals surface area (Å²) in [4.78, 5) is 14.4. The monoisotopic (exact) mass is 438 g/mol. The molecule has 3 aromatic rings. The first-order valence-corrected chi connectivity index (χ1v) is 10.6. The number of carbonyl (C=O) groups is 1. The number of para-hydroxylation sites is 2. The fraction of sp³-hybridized carbons (Fsp3) is 0.143. The van der Waals surface area contributed by atoms with E-state index in [9.17, 15) is 10.1 Å². The van der Waals surface area contributed by atoms with E-state index in [2.05, 4.69) is 11.5 Å². The highest BCUT2D eigenvalue weighted by atomic mass is 16.6. The smallest absolute Gasteiger partial charge is 0.348 e. The van der Waals surface area contributed by atoms with Gasteiger partial charge in [-0.05, 0) is 55.0 Å². The van der Waals surface area contributed by atoms with Crippen LogP contribution in [-0.4, -0.2) is 25.8 Å². The van der Waals surface area contributed by atoms with Crippen LogP contribution in [-0.2, 0) is 14.3 Å². The second-order valence-electron chi connectivity index (χ2n) is 7.41. The Morgan fingerprint density at radius 1 is 0.909 bits per heavy atom. The standard InChI is InChI=1S/C28H26N2O3/c1-22(2)21-32-17-18-33-28(31)24(20-29)19-23-13-15-27(16-14-23)30(25-9-5-3-6-10-25)26-11-7-4-8-12-26/h3-16,19H,1,17-18,21H2,2H3/b24-19+. The molecule has 0 aliphatic heterocycles. The summed E-state index contributed by atoms with van der Waals surface area (Å²) in [6.45, 7) is 6.33. The Labute approximate surface area is 194 Å². The van der Waals surface area contributed by atoms with E-state index >= 15 is 0 Å². The molecule has 0 aliphatic rings. The minimum absolute atomic E-state index is 0.0642. The van der Waals surface area contributed by atoms with Crippen LogP contribution < -0.4 is 4.90 Å². The van der Waals surface area contributed by atoms with Gasteiger partial charge in [0.1, 0.15) is 18.2 Å². The maximum atomic E-state index is 12.2. The molecule has 3 rings (SSSR count). The van der Waals surface area contributed by atoms with Gasteiger partial charge in [0.15, 0.2) is 0 Å². The van der Waals surface area contributed by atoms with Crippen LogP contribution in [0.4, 0.5) is 17.1 Å². The van der Waals surface area contributed by atoms with E-state index in [1.54, 1.807) is 0 Å². The van der Waals surface area contributed by atoms with Crippen molar-refractivity contribution in [3.05, 3.63) is 108 Å². The van der Waals surface area contributed by atoms with Crippen LogP contribution in [0.2, 0.25) is 0 Å². The number of nitrogens with zero attached hydrogens (tertiary/aromatic N) is 2. The summed E-state index contributed by atoms with van der Waals surface area (Å²) in [5.41, 5.74) is 4.57. The fourth-order valence-corrected chi connectivity index (χ4v) is 3.14. The van der Waals surface area contributed by atoms with E-state index in [0.29, 0.717) is 6.61 Å². The number of anilines is 3. The van der Waals surface area contributed by atoms with Gasteiger partial charge in [-0.15, -0.1) is 0 Å². The van der Waals surface area contributed by atoms with Gasteiger partial charge in [-0.1, -0.05) is 60.7 Å². The molecule has 0 atom stereocenters. The molecule has 0 saturated heterocycles. The molecule has 0 unspecified atom stereocenters. The van der Waals surface area contributed by atoms with E-state index in [1.165, 1.54) is 6.08 Å². The minimum Gasteiger partial charge on any atom is -0.459 e. The van der Waals surface area contributed by atoms with Crippen LogP contribution in [0.25, 0.3) is 6.08 Å². The summed E-state index contributed by atoms with van der Waals surface area (Å²) >= 11 is 0. The number of benzene rings is 3. The first kappa shape index (κ1) is 23.5. The highest BCUT2D eigenvalue weighted by Gasteiger charge is 2.13. The number of hydrogen-bond donors (Lipinski definition) is 0. The third-order valence-electron chi connectivity index (χ3n) is 4.64. The van der Waals surface area contributed by atoms with Crippen molar-refractivity contribution in [2.75, 3.05) is 24.7 Å². The molecule has 0 amide bonds. The number of esters is 1. The lowest BCUT2D eigenvalue weighted by atomic mass is 10.1. The molecule has 0 heterocycles. The molecule has 0 aliphatic carbocycles. The Balaban J connectivity index is 1.74. The summed E-state index contributed by atoms with van der Waals surface area (Å²) < 4.78 is 10.4. The third-order valence-corrected chi connectivity index (χ3v) is 4.64. The molecular formula is C28H26N2O3. The summed E-state index contributed by atoms with van der Waals surface area (Å²) in [5.74, 6) is -0.671. The minimum atomic E-state index is -0.671. The lowest BCUT2D eigenvalue weighted by Gasteiger charge is -2.25. The SMILES string of the molecule is C=C(C)COCCOC(=O)/C(C#N)=C/c1ccc(N(c2ccccc2)c2ccccc2)cc1. The molecule has 0 N–H and O–H groups in total. The average molecular weight is 439 g/mol. The maximum absolute atomic E-state index is 12.2. The zero-order chi connectivity index (χ0) is 23.5. The van der Waals surface area contributed by atoms with Crippen molar-refractivity contribution in [3.63, 3.8) is 0 Å². The van der Waals surface area contributed by atoms with Crippen molar-refractivity contribution < 1.29 is 14.3 Å². The van der Waals surface area contributed by atoms with Crippen molar-refractivity contribution in [1.82, 2.24) is 0 Å². The van der Waals surface area contributed by atoms with Crippen molar-refractivity contribution >= 4 is 29.1 Å². The Morgan fingerprint density at radius 2 is 1.45 bits per heavy atom. The first-order chi connectivity index (χ1) is 16.1. The molecule has 0 bridgehead atoms. The number of rotatable bonds is 10. The van der Waals surface area contributed by atoms with Gasteiger partial charge in [-0.2, -0.15) is 5.26 Å². The van der Waals surface area contributed by atoms with Gasteiger partial charge in [-0.25, -0.2) is 4.79 Å². The van der Waals surface area contributed by atoms with Gasteiger partial charge < -0.3 is 14.4 Å². The summed E-state index contributed by atoms with van der Waals surface area (Å²) in [7, 11) is 0. The second kappa shape index (κ2) is 12.0. The van der Waals surface area contributed by atoms with Gasteiger partial charge in [0.25, 0.3) is 0 Å². The van der Waals surface area contributed by atoms with E-state index in [0.717, 1.165) is 28.2 Å². The fourth-order valence-electron chi connectivity index (χ4n) is 3.14. The molecule has 0 aromatic heterocycles. The van der Waals surface area contributed by atoms with E-state index in [1.807, 2.05) is 97.9 Å². The summed E-state index contributed by atoms with van der Waals surface area (Å²) in [6, 6.07) is 29.7. The van der Waals surface area contributed by atoms with Crippen molar-refractivity contribution in [3.8, 4) is 6.07 Å². The van der Waals surface area contributed by atoms with Crippen molar-refractivity contribution in [2.45, 2.75) is 6.92 Å². The lowest BCUT2D eigenvalue weighted by Crippen LogP contribution is -2.12. The Kier molecular flexibility index (Phi) is 8.58. The average Bonchev–Trinajstić information content (AvgIpc) is 2.84. The summed E-state index contributed by atoms with van der Waals surface area (Å²) in [5, 5.41) is 9.40. The predicted molar refractivity (Wildman–Crippen MR) is 131 cm³/mol. The zero-order valence-corrected chi connectivity index (χ0v) is 18.6. The largest absolute Gasteiger partial charge is 0.459 e. The number of carbonyl (C=O) groups excluding carboxylic acids is 1. The quantitative estimate of drug-likeness (QED) is 0.124. The highest BCUT2D eigenvalue weighted by molar-refractivity contribution is 5.98. The van der Waals surface area contributed by atoms with E-state index in [-0.39, 0.29) is 18.8 Å². The molecule has 166 valence electrons. The first-order valence-electron chi connectivity index (χ1n) is 10.6. The molecule has 0 spiro atoms. The number of hydrogen-bond acceptors (Lipinski definition) is 5. The predicted octanol–water partition coefficient (Wildman–Crippen LogP) is 6.20. The molecule has 0 fully saturated rings. The van der Waals surface area contributed by atoms with Crippen molar-refractivity contribution in [1.29, 1.82) is 5.26 Å². The van der Waals surface area contributed by atoms with Gasteiger partial charge in [0.05, 0.1) is 13.2 Å². The van der Waals surface area contributed by atoms with E-state index in [4.69, 9.17) is 9.47 Å². The van der Waals surface area contributed by atoms with Gasteiger partial charge in [0, 0.05) is 17.1 Å². The molecular weight excluding hydrogens is 412 g/mol. The van der Waals surface area contributed by atoms with Crippen LogP contribution in [0.3, 0.4) is 0 Å². The summed E-state index contributed by atoms with van der Waals surface area (Å²) in [6.07, 6.45) is 1.52.